The molecule has 0 saturated carbocycles. The SMILES string of the molecule is N#Cc1ccccc1NC(=O)C[NH+]1CCN(S(=O)(=O)c2ccc(Cl)cc2)CC1. The standard InChI is InChI=1S/C19H19ClN4O3S/c20-16-5-7-17(8-6-16)28(26,27)24-11-9-23(10-12-24)14-19(25)22-18-4-2-1-3-15(18)13-21/h1-8H,9-12,14H2,(H,22,25)/p+1. The second-order valence-corrected chi connectivity index (χ2v) is 8.86. The van der Waals surface area contributed by atoms with E-state index in [1.54, 1.807) is 36.4 Å². The number of amides is 1. The van der Waals surface area contributed by atoms with Crippen LogP contribution in [0, 0.1) is 11.3 Å². The molecular weight excluding hydrogens is 400 g/mol. The van der Waals surface area contributed by atoms with Gasteiger partial charge in [-0.3, -0.25) is 4.79 Å². The van der Waals surface area contributed by atoms with Crippen molar-refractivity contribution in [1.29, 1.82) is 5.26 Å². The summed E-state index contributed by atoms with van der Waals surface area (Å²) >= 11 is 5.82. The number of carbonyl (C=O) groups excluding carboxylic acids is 1. The number of quaternary nitrogens is 1. The van der Waals surface area contributed by atoms with Gasteiger partial charge in [-0.25, -0.2) is 8.42 Å². The van der Waals surface area contributed by atoms with Crippen molar-refractivity contribution in [2.24, 2.45) is 0 Å². The molecule has 0 bridgehead atoms. The van der Waals surface area contributed by atoms with E-state index in [9.17, 15) is 13.2 Å². The topological polar surface area (TPSA) is 94.7 Å². The monoisotopic (exact) mass is 419 g/mol. The van der Waals surface area contributed by atoms with Gasteiger partial charge in [0.25, 0.3) is 5.91 Å². The average molecular weight is 420 g/mol. The van der Waals surface area contributed by atoms with Crippen LogP contribution >= 0.6 is 11.6 Å². The Kier molecular flexibility index (Phi) is 6.31. The number of nitrogens with zero attached hydrogens (tertiary/aromatic N) is 2. The van der Waals surface area contributed by atoms with Crippen molar-refractivity contribution in [1.82, 2.24) is 4.31 Å². The lowest BCUT2D eigenvalue weighted by Gasteiger charge is -2.31. The highest BCUT2D eigenvalue weighted by atomic mass is 35.5. The largest absolute Gasteiger partial charge is 0.325 e. The normalized spacial score (nSPS) is 15.7. The number of hydrogen-bond acceptors (Lipinski definition) is 4. The fraction of sp³-hybridized carbons (Fsp3) is 0.263. The van der Waals surface area contributed by atoms with Crippen LogP contribution in [0.5, 0.6) is 0 Å². The summed E-state index contributed by atoms with van der Waals surface area (Å²) in [7, 11) is -3.56. The Bertz CT molecular complexity index is 995. The van der Waals surface area contributed by atoms with Crippen LogP contribution in [0.1, 0.15) is 5.56 Å². The Labute approximate surface area is 169 Å². The van der Waals surface area contributed by atoms with Gasteiger partial charge in [0.05, 0.1) is 42.3 Å². The molecular formula is C19H20ClN4O3S+. The Balaban J connectivity index is 1.56. The minimum atomic E-state index is -3.56. The molecule has 0 atom stereocenters. The maximum atomic E-state index is 12.7. The Morgan fingerprint density at radius 3 is 2.43 bits per heavy atom. The summed E-state index contributed by atoms with van der Waals surface area (Å²) < 4.78 is 26.8. The number of carbonyl (C=O) groups is 1. The van der Waals surface area contributed by atoms with Crippen molar-refractivity contribution in [3.05, 3.63) is 59.1 Å². The van der Waals surface area contributed by atoms with Crippen molar-refractivity contribution in [2.75, 3.05) is 38.0 Å². The quantitative estimate of drug-likeness (QED) is 0.747. The van der Waals surface area contributed by atoms with E-state index in [0.29, 0.717) is 42.5 Å². The summed E-state index contributed by atoms with van der Waals surface area (Å²) in [5.74, 6) is -0.202. The number of hydrogen-bond donors (Lipinski definition) is 2. The number of anilines is 1. The van der Waals surface area contributed by atoms with Crippen LogP contribution in [0.4, 0.5) is 5.69 Å². The first kappa shape index (κ1) is 20.3. The maximum absolute atomic E-state index is 12.7. The van der Waals surface area contributed by atoms with E-state index in [2.05, 4.69) is 5.32 Å². The van der Waals surface area contributed by atoms with E-state index >= 15 is 0 Å². The molecule has 2 aromatic carbocycles. The van der Waals surface area contributed by atoms with E-state index in [0.717, 1.165) is 4.90 Å². The van der Waals surface area contributed by atoms with Gasteiger partial charge in [-0.1, -0.05) is 23.7 Å². The number of halogens is 1. The van der Waals surface area contributed by atoms with Crippen LogP contribution in [0.15, 0.2) is 53.4 Å². The van der Waals surface area contributed by atoms with Crippen molar-refractivity contribution in [3.63, 3.8) is 0 Å². The minimum Gasteiger partial charge on any atom is -0.325 e. The number of sulfonamides is 1. The zero-order valence-electron chi connectivity index (χ0n) is 15.1. The molecule has 1 fully saturated rings. The van der Waals surface area contributed by atoms with E-state index in [-0.39, 0.29) is 17.3 Å². The average Bonchev–Trinajstić information content (AvgIpc) is 2.69. The fourth-order valence-electron chi connectivity index (χ4n) is 3.09. The van der Waals surface area contributed by atoms with Crippen LogP contribution < -0.4 is 10.2 Å². The number of piperazine rings is 1. The molecule has 7 nitrogen and oxygen atoms in total. The molecule has 1 amide bonds. The second-order valence-electron chi connectivity index (χ2n) is 6.49. The summed E-state index contributed by atoms with van der Waals surface area (Å²) in [6, 6.07) is 15.0. The molecule has 0 aliphatic carbocycles. The number of nitrogens with one attached hydrogen (secondary N) is 2. The fourth-order valence-corrected chi connectivity index (χ4v) is 4.65. The lowest BCUT2D eigenvalue weighted by molar-refractivity contribution is -0.895. The first-order chi connectivity index (χ1) is 13.4. The first-order valence-corrected chi connectivity index (χ1v) is 10.6. The van der Waals surface area contributed by atoms with Crippen molar-refractivity contribution >= 4 is 33.2 Å². The third-order valence-electron chi connectivity index (χ3n) is 4.61. The predicted molar refractivity (Wildman–Crippen MR) is 106 cm³/mol. The molecule has 1 heterocycles. The Hall–Kier alpha value is -2.44. The molecule has 0 aromatic heterocycles. The Morgan fingerprint density at radius 1 is 1.14 bits per heavy atom. The molecule has 1 aliphatic rings. The summed E-state index contributed by atoms with van der Waals surface area (Å²) in [6.45, 7) is 1.94. The third-order valence-corrected chi connectivity index (χ3v) is 6.78. The van der Waals surface area contributed by atoms with Gasteiger partial charge in [-0.2, -0.15) is 9.57 Å². The summed E-state index contributed by atoms with van der Waals surface area (Å²) in [6.07, 6.45) is 0. The smallest absolute Gasteiger partial charge is 0.279 e. The van der Waals surface area contributed by atoms with Gasteiger partial charge in [-0.05, 0) is 36.4 Å². The van der Waals surface area contributed by atoms with Gasteiger partial charge in [0.15, 0.2) is 6.54 Å². The van der Waals surface area contributed by atoms with Gasteiger partial charge in [0, 0.05) is 5.02 Å². The molecule has 28 heavy (non-hydrogen) atoms. The van der Waals surface area contributed by atoms with Crippen LogP contribution in [-0.2, 0) is 14.8 Å². The molecule has 3 rings (SSSR count). The zero-order valence-corrected chi connectivity index (χ0v) is 16.6. The lowest BCUT2D eigenvalue weighted by atomic mass is 10.2. The minimum absolute atomic E-state index is 0.202. The van der Waals surface area contributed by atoms with Gasteiger partial charge < -0.3 is 10.2 Å². The van der Waals surface area contributed by atoms with E-state index in [4.69, 9.17) is 16.9 Å². The van der Waals surface area contributed by atoms with Crippen molar-refractivity contribution in [3.8, 4) is 6.07 Å². The zero-order chi connectivity index (χ0) is 20.1. The molecule has 1 aliphatic heterocycles. The summed E-state index contributed by atoms with van der Waals surface area (Å²) in [5.41, 5.74) is 0.892. The van der Waals surface area contributed by atoms with E-state index < -0.39 is 10.0 Å². The van der Waals surface area contributed by atoms with Gasteiger partial charge in [0.1, 0.15) is 6.07 Å². The van der Waals surface area contributed by atoms with Gasteiger partial charge in [-0.15, -0.1) is 0 Å². The lowest BCUT2D eigenvalue weighted by Crippen LogP contribution is -3.15. The van der Waals surface area contributed by atoms with Gasteiger partial charge in [0.2, 0.25) is 10.0 Å². The second kappa shape index (κ2) is 8.71. The van der Waals surface area contributed by atoms with E-state index in [1.165, 1.54) is 16.4 Å². The summed E-state index contributed by atoms with van der Waals surface area (Å²) in [4.78, 5) is 13.5. The molecule has 0 radical (unpaired) electrons. The van der Waals surface area contributed by atoms with Crippen LogP contribution in [-0.4, -0.2) is 51.4 Å². The van der Waals surface area contributed by atoms with Crippen molar-refractivity contribution in [2.45, 2.75) is 4.90 Å². The van der Waals surface area contributed by atoms with Crippen molar-refractivity contribution < 1.29 is 18.1 Å². The van der Waals surface area contributed by atoms with E-state index in [1.807, 2.05) is 6.07 Å². The molecule has 9 heteroatoms. The van der Waals surface area contributed by atoms with Crippen LogP contribution in [0.2, 0.25) is 5.02 Å². The third kappa shape index (κ3) is 4.69. The Morgan fingerprint density at radius 2 is 1.79 bits per heavy atom. The number of nitriles is 1. The van der Waals surface area contributed by atoms with Crippen LogP contribution in [0.25, 0.3) is 0 Å². The summed E-state index contributed by atoms with van der Waals surface area (Å²) in [5, 5.41) is 12.3. The molecule has 0 unspecified atom stereocenters. The van der Waals surface area contributed by atoms with Crippen LogP contribution in [0.3, 0.4) is 0 Å². The predicted octanol–water partition coefficient (Wildman–Crippen LogP) is 0.740. The molecule has 2 aromatic rings. The molecule has 2 N–H and O–H groups in total. The highest BCUT2D eigenvalue weighted by Crippen LogP contribution is 2.18. The molecule has 1 saturated heterocycles. The molecule has 0 spiro atoms. The van der Waals surface area contributed by atoms with Gasteiger partial charge >= 0.3 is 0 Å². The highest BCUT2D eigenvalue weighted by molar-refractivity contribution is 7.89. The highest BCUT2D eigenvalue weighted by Gasteiger charge is 2.31. The maximum Gasteiger partial charge on any atom is 0.279 e. The number of para-hydroxylation sites is 1. The number of rotatable bonds is 5. The number of benzene rings is 2. The first-order valence-electron chi connectivity index (χ1n) is 8.78. The molecule has 146 valence electrons.